The van der Waals surface area contributed by atoms with Gasteiger partial charge in [-0.15, -0.1) is 0 Å². The summed E-state index contributed by atoms with van der Waals surface area (Å²) in [5.41, 5.74) is 0. The molecule has 0 spiro atoms. The molecular weight excluding hydrogens is 208 g/mol. The minimum atomic E-state index is -0.556. The highest BCUT2D eigenvalue weighted by molar-refractivity contribution is 5.91. The molecule has 0 rings (SSSR count). The second-order valence-corrected chi connectivity index (χ2v) is 2.71. The molecule has 0 saturated heterocycles. The summed E-state index contributed by atoms with van der Waals surface area (Å²) in [5.74, 6) is -1.11. The Hall–Kier alpha value is -1.84. The van der Waals surface area contributed by atoms with Crippen LogP contribution in [0.1, 0.15) is 13.3 Å². The third-order valence-corrected chi connectivity index (χ3v) is 1.44. The maximum Gasteiger partial charge on any atom is 0.331 e. The second-order valence-electron chi connectivity index (χ2n) is 2.71. The van der Waals surface area contributed by atoms with Crippen LogP contribution in [0.25, 0.3) is 0 Å². The number of carbonyl (C=O) groups is 2. The SMILES string of the molecule is C=C/C=C/CCOC(=O)/C=C/C(=O)OCC. The topological polar surface area (TPSA) is 52.6 Å². The molecule has 0 saturated carbocycles. The molecule has 0 aliphatic carbocycles. The van der Waals surface area contributed by atoms with Crippen LogP contribution in [0.4, 0.5) is 0 Å². The zero-order chi connectivity index (χ0) is 12.2. The van der Waals surface area contributed by atoms with E-state index >= 15 is 0 Å². The van der Waals surface area contributed by atoms with E-state index in [1.165, 1.54) is 0 Å². The molecule has 4 nitrogen and oxygen atoms in total. The van der Waals surface area contributed by atoms with E-state index in [1.807, 2.05) is 6.08 Å². The quantitative estimate of drug-likeness (QED) is 0.286. The van der Waals surface area contributed by atoms with E-state index in [-0.39, 0.29) is 13.2 Å². The maximum atomic E-state index is 11.0. The van der Waals surface area contributed by atoms with Crippen molar-refractivity contribution in [3.8, 4) is 0 Å². The van der Waals surface area contributed by atoms with Crippen molar-refractivity contribution >= 4 is 11.9 Å². The first-order valence-electron chi connectivity index (χ1n) is 4.99. The lowest BCUT2D eigenvalue weighted by Gasteiger charge is -1.98. The van der Waals surface area contributed by atoms with Crippen molar-refractivity contribution in [1.82, 2.24) is 0 Å². The van der Waals surface area contributed by atoms with Crippen molar-refractivity contribution in [2.24, 2.45) is 0 Å². The monoisotopic (exact) mass is 224 g/mol. The molecule has 88 valence electrons. The standard InChI is InChI=1S/C12H16O4/c1-3-5-6-7-10-16-12(14)9-8-11(13)15-4-2/h3,5-6,8-9H,1,4,7,10H2,2H3/b6-5+,9-8+. The van der Waals surface area contributed by atoms with Gasteiger partial charge in [-0.05, 0) is 13.3 Å². The van der Waals surface area contributed by atoms with E-state index in [0.717, 1.165) is 12.2 Å². The van der Waals surface area contributed by atoms with E-state index in [0.29, 0.717) is 6.42 Å². The van der Waals surface area contributed by atoms with Gasteiger partial charge in [0.25, 0.3) is 0 Å². The van der Waals surface area contributed by atoms with E-state index in [1.54, 1.807) is 19.1 Å². The molecule has 0 aromatic heterocycles. The van der Waals surface area contributed by atoms with Gasteiger partial charge < -0.3 is 9.47 Å². The molecule has 0 bridgehead atoms. The highest BCUT2D eigenvalue weighted by atomic mass is 16.5. The van der Waals surface area contributed by atoms with Crippen LogP contribution < -0.4 is 0 Å². The molecule has 0 N–H and O–H groups in total. The fraction of sp³-hybridized carbons (Fsp3) is 0.333. The second kappa shape index (κ2) is 9.71. The van der Waals surface area contributed by atoms with Crippen molar-refractivity contribution in [3.63, 3.8) is 0 Å². The minimum absolute atomic E-state index is 0.274. The van der Waals surface area contributed by atoms with Crippen molar-refractivity contribution in [1.29, 1.82) is 0 Å². The zero-order valence-corrected chi connectivity index (χ0v) is 9.35. The summed E-state index contributed by atoms with van der Waals surface area (Å²) in [4.78, 5) is 21.8. The molecule has 0 unspecified atom stereocenters. The van der Waals surface area contributed by atoms with E-state index in [9.17, 15) is 9.59 Å². The van der Waals surface area contributed by atoms with Crippen LogP contribution in [0.2, 0.25) is 0 Å². The van der Waals surface area contributed by atoms with Gasteiger partial charge in [0.2, 0.25) is 0 Å². The molecule has 0 aliphatic rings. The van der Waals surface area contributed by atoms with E-state index in [2.05, 4.69) is 11.3 Å². The number of hydrogen-bond acceptors (Lipinski definition) is 4. The predicted molar refractivity (Wildman–Crippen MR) is 60.7 cm³/mol. The maximum absolute atomic E-state index is 11.0. The molecule has 0 aliphatic heterocycles. The largest absolute Gasteiger partial charge is 0.463 e. The fourth-order valence-corrected chi connectivity index (χ4v) is 0.795. The minimum Gasteiger partial charge on any atom is -0.463 e. The summed E-state index contributed by atoms with van der Waals surface area (Å²) < 4.78 is 9.39. The first kappa shape index (κ1) is 14.2. The average molecular weight is 224 g/mol. The lowest BCUT2D eigenvalue weighted by Crippen LogP contribution is -2.04. The highest BCUT2D eigenvalue weighted by Gasteiger charge is 1.98. The molecule has 0 aromatic rings. The summed E-state index contributed by atoms with van der Waals surface area (Å²) in [5, 5.41) is 0. The third kappa shape index (κ3) is 8.74. The lowest BCUT2D eigenvalue weighted by atomic mass is 10.4. The van der Waals surface area contributed by atoms with Gasteiger partial charge in [-0.1, -0.05) is 24.8 Å². The number of carbonyl (C=O) groups excluding carboxylic acids is 2. The number of hydrogen-bond donors (Lipinski definition) is 0. The fourth-order valence-electron chi connectivity index (χ4n) is 0.795. The van der Waals surface area contributed by atoms with Crippen molar-refractivity contribution in [2.75, 3.05) is 13.2 Å². The van der Waals surface area contributed by atoms with Gasteiger partial charge in [0.1, 0.15) is 0 Å². The van der Waals surface area contributed by atoms with Gasteiger partial charge in [0.15, 0.2) is 0 Å². The molecule has 4 heteroatoms. The summed E-state index contributed by atoms with van der Waals surface area (Å²) in [6, 6.07) is 0. The van der Waals surface area contributed by atoms with Crippen LogP contribution >= 0.6 is 0 Å². The Labute approximate surface area is 95.2 Å². The number of allylic oxidation sites excluding steroid dienone is 2. The van der Waals surface area contributed by atoms with Crippen molar-refractivity contribution in [2.45, 2.75) is 13.3 Å². The van der Waals surface area contributed by atoms with Crippen LogP contribution in [0.3, 0.4) is 0 Å². The number of ether oxygens (including phenoxy) is 2. The number of esters is 2. The van der Waals surface area contributed by atoms with Crippen LogP contribution in [0, 0.1) is 0 Å². The van der Waals surface area contributed by atoms with E-state index in [4.69, 9.17) is 4.74 Å². The lowest BCUT2D eigenvalue weighted by molar-refractivity contribution is -0.140. The molecular formula is C12H16O4. The van der Waals surface area contributed by atoms with Crippen LogP contribution in [-0.2, 0) is 19.1 Å². The number of rotatable bonds is 7. The van der Waals surface area contributed by atoms with Crippen molar-refractivity contribution in [3.05, 3.63) is 37.0 Å². The highest BCUT2D eigenvalue weighted by Crippen LogP contribution is 1.89. The summed E-state index contributed by atoms with van der Waals surface area (Å²) in [7, 11) is 0. The zero-order valence-electron chi connectivity index (χ0n) is 9.35. The Kier molecular flexibility index (Phi) is 8.59. The van der Waals surface area contributed by atoms with Crippen LogP contribution in [0.5, 0.6) is 0 Å². The molecule has 16 heavy (non-hydrogen) atoms. The van der Waals surface area contributed by atoms with E-state index < -0.39 is 11.9 Å². The summed E-state index contributed by atoms with van der Waals surface area (Å²) in [6.07, 6.45) is 7.95. The predicted octanol–water partition coefficient (Wildman–Crippen LogP) is 1.78. The molecule has 0 aromatic carbocycles. The first-order valence-corrected chi connectivity index (χ1v) is 4.99. The molecule has 0 amide bonds. The normalized spacial score (nSPS) is 10.6. The molecule has 0 heterocycles. The van der Waals surface area contributed by atoms with Crippen LogP contribution in [-0.4, -0.2) is 25.2 Å². The van der Waals surface area contributed by atoms with Gasteiger partial charge in [-0.25, -0.2) is 9.59 Å². The summed E-state index contributed by atoms with van der Waals surface area (Å²) >= 11 is 0. The van der Waals surface area contributed by atoms with Gasteiger partial charge in [0, 0.05) is 12.2 Å². The summed E-state index contributed by atoms with van der Waals surface area (Å²) in [6.45, 7) is 5.75. The molecule has 0 fully saturated rings. The Morgan fingerprint density at radius 2 is 1.81 bits per heavy atom. The van der Waals surface area contributed by atoms with Gasteiger partial charge in [-0.3, -0.25) is 0 Å². The van der Waals surface area contributed by atoms with Gasteiger partial charge in [-0.2, -0.15) is 0 Å². The third-order valence-electron chi connectivity index (χ3n) is 1.44. The Balaban J connectivity index is 3.69. The Morgan fingerprint density at radius 1 is 1.19 bits per heavy atom. The molecule has 0 radical (unpaired) electrons. The van der Waals surface area contributed by atoms with Crippen LogP contribution in [0.15, 0.2) is 37.0 Å². The van der Waals surface area contributed by atoms with Gasteiger partial charge in [0.05, 0.1) is 13.2 Å². The van der Waals surface area contributed by atoms with Crippen molar-refractivity contribution < 1.29 is 19.1 Å². The van der Waals surface area contributed by atoms with Gasteiger partial charge >= 0.3 is 11.9 Å². The molecule has 0 atom stereocenters. The first-order chi connectivity index (χ1) is 7.70. The Bertz CT molecular complexity index is 289. The Morgan fingerprint density at radius 3 is 2.38 bits per heavy atom. The average Bonchev–Trinajstić information content (AvgIpc) is 2.26. The smallest absolute Gasteiger partial charge is 0.331 e.